The van der Waals surface area contributed by atoms with Crippen LogP contribution < -0.4 is 9.47 Å². The highest BCUT2D eigenvalue weighted by Crippen LogP contribution is 2.39. The first-order chi connectivity index (χ1) is 26.8. The normalized spacial score (nSPS) is 10.5. The van der Waals surface area contributed by atoms with Crippen LogP contribution >= 0.6 is 61.7 Å². The van der Waals surface area contributed by atoms with E-state index in [4.69, 9.17) is 32.7 Å². The Morgan fingerprint density at radius 2 is 1.00 bits per heavy atom. The fourth-order valence-corrected chi connectivity index (χ4v) is 6.70. The molecular formula is C45H40BrCl2IN2O4. The van der Waals surface area contributed by atoms with Gasteiger partial charge in [-0.2, -0.15) is 0 Å². The van der Waals surface area contributed by atoms with Gasteiger partial charge in [0.25, 0.3) is 0 Å². The highest BCUT2D eigenvalue weighted by Gasteiger charge is 2.18. The largest absolute Gasteiger partial charge is 0.485 e. The molecule has 0 saturated heterocycles. The third kappa shape index (κ3) is 10.1. The monoisotopic (exact) mass is 948 g/mol. The highest BCUT2D eigenvalue weighted by atomic mass is 127. The molecular weight excluding hydrogens is 910 g/mol. The number of alkyl halides is 1. The van der Waals surface area contributed by atoms with E-state index in [9.17, 15) is 9.59 Å². The van der Waals surface area contributed by atoms with Crippen LogP contribution in [0.2, 0.25) is 10.0 Å². The number of aromatic amines is 1. The second kappa shape index (κ2) is 20.5. The lowest BCUT2D eigenvalue weighted by Gasteiger charge is -2.15. The number of ketones is 2. The number of fused-ring (bicyclic) bond motifs is 6. The number of halogens is 4. The first kappa shape index (κ1) is 41.8. The van der Waals surface area contributed by atoms with Gasteiger partial charge >= 0.3 is 0 Å². The Morgan fingerprint density at radius 3 is 1.51 bits per heavy atom. The number of rotatable bonds is 9. The summed E-state index contributed by atoms with van der Waals surface area (Å²) in [4.78, 5) is 28.1. The van der Waals surface area contributed by atoms with Crippen molar-refractivity contribution < 1.29 is 19.1 Å². The molecule has 2 heterocycles. The van der Waals surface area contributed by atoms with Crippen LogP contribution in [0.5, 0.6) is 11.5 Å². The van der Waals surface area contributed by atoms with E-state index in [1.807, 2.05) is 54.3 Å². The molecule has 0 amide bonds. The van der Waals surface area contributed by atoms with Crippen LogP contribution in [0.1, 0.15) is 26.7 Å². The molecule has 2 aromatic heterocycles. The van der Waals surface area contributed by atoms with Gasteiger partial charge in [0.15, 0.2) is 11.6 Å². The number of hydrogen-bond donors (Lipinski definition) is 1. The van der Waals surface area contributed by atoms with Crippen LogP contribution in [0.15, 0.2) is 138 Å². The van der Waals surface area contributed by atoms with E-state index in [2.05, 4.69) is 121 Å². The zero-order valence-corrected chi connectivity index (χ0v) is 35.9. The minimum absolute atomic E-state index is 0.0426. The van der Waals surface area contributed by atoms with Gasteiger partial charge in [0.05, 0.1) is 25.6 Å². The standard InChI is InChI=1S/C22H18ClNO2.C12H9N.C10H10BrClO2.CH3I/c1-2-15(25)14-26-21-13-7-10-18(23)22(21)24-19-11-5-3-8-16(19)17-9-4-6-12-20(17)24;1-3-7-11-9(5-1)10-6-2-4-8-12(10)13-11;1-2-7(13)6-14-9-5-3-4-8(12)10(9)11;1-2/h3-13H,2,14H2,1H3;1-8,13H;3-5H,2,6H2,1H3;1H3. The molecule has 1 N–H and O–H groups in total. The number of carbonyl (C=O) groups excluding carboxylic acids is 2. The first-order valence-corrected chi connectivity index (χ1v) is 21.3. The molecule has 0 saturated carbocycles. The molecule has 282 valence electrons. The van der Waals surface area contributed by atoms with Crippen molar-refractivity contribution >= 4 is 117 Å². The molecule has 8 aromatic rings. The summed E-state index contributed by atoms with van der Waals surface area (Å²) in [6.45, 7) is 3.77. The number of ether oxygens (including phenoxy) is 2. The average Bonchev–Trinajstić information content (AvgIpc) is 3.77. The summed E-state index contributed by atoms with van der Waals surface area (Å²) < 4.78 is 13.9. The fraction of sp³-hybridized carbons (Fsp3) is 0.156. The number of hydrogen-bond acceptors (Lipinski definition) is 4. The van der Waals surface area contributed by atoms with E-state index < -0.39 is 0 Å². The van der Waals surface area contributed by atoms with Gasteiger partial charge in [-0.25, -0.2) is 0 Å². The lowest BCUT2D eigenvalue weighted by atomic mass is 10.2. The molecule has 0 radical (unpaired) electrons. The summed E-state index contributed by atoms with van der Waals surface area (Å²) in [5, 5.41) is 6.07. The molecule has 6 nitrogen and oxygen atoms in total. The van der Waals surface area contributed by atoms with Crippen molar-refractivity contribution in [1.29, 1.82) is 0 Å². The Hall–Kier alpha value is -4.35. The lowest BCUT2D eigenvalue weighted by Crippen LogP contribution is -2.11. The zero-order chi connectivity index (χ0) is 39.3. The highest BCUT2D eigenvalue weighted by molar-refractivity contribution is 14.1. The molecule has 0 aliphatic rings. The number of aromatic nitrogens is 2. The molecule has 55 heavy (non-hydrogen) atoms. The molecule has 8 rings (SSSR count). The lowest BCUT2D eigenvalue weighted by molar-refractivity contribution is -0.121. The van der Waals surface area contributed by atoms with Crippen LogP contribution in [0.4, 0.5) is 0 Å². The summed E-state index contributed by atoms with van der Waals surface area (Å²) in [5.41, 5.74) is 5.28. The van der Waals surface area contributed by atoms with E-state index in [1.165, 1.54) is 21.8 Å². The quantitative estimate of drug-likeness (QED) is 0.116. The summed E-state index contributed by atoms with van der Waals surface area (Å²) in [5.74, 6) is 1.32. The van der Waals surface area contributed by atoms with Gasteiger partial charge in [-0.1, -0.05) is 145 Å². The van der Waals surface area contributed by atoms with Crippen molar-refractivity contribution in [3.05, 3.63) is 148 Å². The van der Waals surface area contributed by atoms with Gasteiger partial charge in [-0.3, -0.25) is 9.59 Å². The number of nitrogens with zero attached hydrogens (tertiary/aromatic N) is 1. The van der Waals surface area contributed by atoms with E-state index >= 15 is 0 Å². The summed E-state index contributed by atoms with van der Waals surface area (Å²) >= 11 is 17.9. The van der Waals surface area contributed by atoms with Crippen LogP contribution in [-0.4, -0.2) is 39.3 Å². The molecule has 0 aliphatic carbocycles. The van der Waals surface area contributed by atoms with Crippen LogP contribution in [-0.2, 0) is 9.59 Å². The van der Waals surface area contributed by atoms with Crippen LogP contribution in [0.3, 0.4) is 0 Å². The summed E-state index contributed by atoms with van der Waals surface area (Å²) in [6.07, 6.45) is 0.934. The predicted molar refractivity (Wildman–Crippen MR) is 242 cm³/mol. The second-order valence-electron chi connectivity index (χ2n) is 12.1. The van der Waals surface area contributed by atoms with Gasteiger partial charge in [0.2, 0.25) is 0 Å². The molecule has 0 atom stereocenters. The second-order valence-corrected chi connectivity index (χ2v) is 13.7. The predicted octanol–water partition coefficient (Wildman–Crippen LogP) is 13.6. The molecule has 0 spiro atoms. The van der Waals surface area contributed by atoms with Crippen molar-refractivity contribution in [2.24, 2.45) is 0 Å². The van der Waals surface area contributed by atoms with Crippen molar-refractivity contribution in [1.82, 2.24) is 9.55 Å². The first-order valence-electron chi connectivity index (χ1n) is 17.6. The van der Waals surface area contributed by atoms with Crippen LogP contribution in [0.25, 0.3) is 49.3 Å². The maximum absolute atomic E-state index is 11.7. The third-order valence-electron chi connectivity index (χ3n) is 8.65. The van der Waals surface area contributed by atoms with E-state index in [-0.39, 0.29) is 24.8 Å². The molecule has 0 aliphatic heterocycles. The minimum atomic E-state index is 0.0426. The maximum atomic E-state index is 11.7. The number of para-hydroxylation sites is 5. The van der Waals surface area contributed by atoms with Gasteiger partial charge in [-0.05, 0) is 69.4 Å². The smallest absolute Gasteiger partial charge is 0.169 e. The Bertz CT molecular complexity index is 2450. The SMILES string of the molecule is CCC(=O)COc1cccc(Cl)c1-n1c2ccccc2c2ccccc21.CCC(=O)COc1cccc(Cl)c1Br.CI.c1ccc2c(c1)[nH]c1ccccc12. The maximum Gasteiger partial charge on any atom is 0.169 e. The minimum Gasteiger partial charge on any atom is -0.485 e. The molecule has 10 heteroatoms. The Morgan fingerprint density at radius 1 is 0.582 bits per heavy atom. The van der Waals surface area contributed by atoms with Gasteiger partial charge in [0.1, 0.15) is 30.4 Å². The summed E-state index contributed by atoms with van der Waals surface area (Å²) in [7, 11) is 0. The van der Waals surface area contributed by atoms with Gasteiger partial charge < -0.3 is 19.0 Å². The topological polar surface area (TPSA) is 73.3 Å². The van der Waals surface area contributed by atoms with Crippen LogP contribution in [0, 0.1) is 0 Å². The molecule has 6 aromatic carbocycles. The summed E-state index contributed by atoms with van der Waals surface area (Å²) in [6, 6.07) is 44.0. The number of H-pyrrole nitrogens is 1. The van der Waals surface area contributed by atoms with E-state index in [0.717, 1.165) is 27.5 Å². The fourth-order valence-electron chi connectivity index (χ4n) is 5.91. The van der Waals surface area contributed by atoms with Crippen molar-refractivity contribution in [2.45, 2.75) is 26.7 Å². The third-order valence-corrected chi connectivity index (χ3v) is 10.3. The van der Waals surface area contributed by atoms with E-state index in [0.29, 0.717) is 38.9 Å². The van der Waals surface area contributed by atoms with Crippen molar-refractivity contribution in [3.8, 4) is 17.2 Å². The molecule has 0 bridgehead atoms. The number of nitrogens with one attached hydrogen (secondary N) is 1. The Balaban J connectivity index is 0.000000169. The van der Waals surface area contributed by atoms with E-state index in [1.54, 1.807) is 25.1 Å². The van der Waals surface area contributed by atoms with Crippen molar-refractivity contribution in [3.63, 3.8) is 0 Å². The van der Waals surface area contributed by atoms with Gasteiger partial charge in [0, 0.05) is 45.4 Å². The Labute approximate surface area is 353 Å². The molecule has 0 unspecified atom stereocenters. The zero-order valence-electron chi connectivity index (χ0n) is 30.6. The molecule has 0 fully saturated rings. The van der Waals surface area contributed by atoms with Crippen molar-refractivity contribution in [2.75, 3.05) is 18.1 Å². The Kier molecular flexibility index (Phi) is 15.6. The number of Topliss-reactive ketones (excluding diaryl/α,β-unsaturated/α-hetero) is 2. The number of benzene rings is 6. The average molecular weight is 951 g/mol. The number of carbonyl (C=O) groups is 2. The van der Waals surface area contributed by atoms with Gasteiger partial charge in [-0.15, -0.1) is 0 Å².